The molecule has 22 heavy (non-hydrogen) atoms. The van der Waals surface area contributed by atoms with Crippen molar-refractivity contribution in [2.45, 2.75) is 117 Å². The molecule has 0 radical (unpaired) electrons. The lowest BCUT2D eigenvalue weighted by Gasteiger charge is -2.34. The van der Waals surface area contributed by atoms with Crippen LogP contribution in [0.1, 0.15) is 95.9 Å². The Bertz CT molecular complexity index is 464. The van der Waals surface area contributed by atoms with Crippen molar-refractivity contribution in [3.8, 4) is 0 Å². The van der Waals surface area contributed by atoms with Crippen LogP contribution in [0.2, 0.25) is 0 Å². The van der Waals surface area contributed by atoms with Crippen LogP contribution in [0.3, 0.4) is 0 Å². The first-order valence-electron chi connectivity index (χ1n) is 8.82. The Morgan fingerprint density at radius 3 is 1.55 bits per heavy atom. The Balaban J connectivity index is 3.66. The van der Waals surface area contributed by atoms with E-state index in [-0.39, 0.29) is 18.8 Å². The van der Waals surface area contributed by atoms with Gasteiger partial charge in [0.1, 0.15) is 0 Å². The summed E-state index contributed by atoms with van der Waals surface area (Å²) in [5.41, 5.74) is 0.262. The maximum absolute atomic E-state index is 5.60. The van der Waals surface area contributed by atoms with Gasteiger partial charge >= 0.3 is 0 Å². The molecular weight excluding hydrogens is 306 g/mol. The van der Waals surface area contributed by atoms with E-state index in [2.05, 4.69) is 87.5 Å². The molecule has 1 rings (SSSR count). The molecule has 1 aliphatic rings. The van der Waals surface area contributed by atoms with Crippen LogP contribution < -0.4 is 0 Å². The lowest BCUT2D eigenvalue weighted by atomic mass is 10.1. The van der Waals surface area contributed by atoms with Gasteiger partial charge in [-0.05, 0) is 54.4 Å². The Hall–Kier alpha value is 0.620. The van der Waals surface area contributed by atoms with Gasteiger partial charge in [0.25, 0.3) is 0 Å². The quantitative estimate of drug-likeness (QED) is 0.376. The molecule has 1 unspecified atom stereocenters. The van der Waals surface area contributed by atoms with Gasteiger partial charge in [-0.25, -0.2) is 4.44 Å². The molecule has 1 heterocycles. The van der Waals surface area contributed by atoms with Crippen molar-refractivity contribution >= 4 is 14.7 Å². The van der Waals surface area contributed by atoms with Crippen LogP contribution in [0.5, 0.6) is 0 Å². The van der Waals surface area contributed by atoms with Crippen LogP contribution in [0.25, 0.3) is 0 Å². The zero-order valence-corrected chi connectivity index (χ0v) is 19.0. The SMILES string of the molecule is CCC(C)(C)[P@@]1N(C(C)(C)C)[P@]1(=NC(C)(C)C)C(C)(C)CC. The van der Waals surface area contributed by atoms with E-state index in [4.69, 9.17) is 4.74 Å². The van der Waals surface area contributed by atoms with E-state index >= 15 is 0 Å². The summed E-state index contributed by atoms with van der Waals surface area (Å²) in [6.07, 6.45) is 2.46. The molecule has 1 aliphatic heterocycles. The number of rotatable bonds is 4. The average Bonchev–Trinajstić information content (AvgIpc) is 2.98. The van der Waals surface area contributed by atoms with Gasteiger partial charge in [-0.15, -0.1) is 0 Å². The summed E-state index contributed by atoms with van der Waals surface area (Å²) in [7, 11) is -0.173. The fraction of sp³-hybridized carbons (Fsp3) is 1.00. The van der Waals surface area contributed by atoms with Gasteiger partial charge in [0.2, 0.25) is 0 Å². The van der Waals surface area contributed by atoms with Crippen molar-refractivity contribution < 1.29 is 0 Å². The van der Waals surface area contributed by atoms with Crippen molar-refractivity contribution in [1.82, 2.24) is 4.44 Å². The standard InChI is InChI=1S/C18H40N2P2/c1-13-17(9,10)21-20(16(6,7)8)22(21,18(11,12)14-2)19-15(3,4)5/h13-14H2,1-12H3/t20?,21-,22+/m0/s1. The molecule has 0 bridgehead atoms. The van der Waals surface area contributed by atoms with E-state index in [0.717, 1.165) is 0 Å². The number of hydrogen-bond acceptors (Lipinski definition) is 1. The third-order valence-electron chi connectivity index (χ3n) is 4.80. The van der Waals surface area contributed by atoms with Crippen molar-refractivity contribution in [2.75, 3.05) is 0 Å². The predicted octanol–water partition coefficient (Wildman–Crippen LogP) is 7.70. The first-order chi connectivity index (χ1) is 9.57. The summed E-state index contributed by atoms with van der Waals surface area (Å²) in [6, 6.07) is 0. The molecule has 0 aromatic carbocycles. The largest absolute Gasteiger partial charge is 0.276 e. The van der Waals surface area contributed by atoms with E-state index in [1.54, 1.807) is 0 Å². The smallest absolute Gasteiger partial charge is 0.0787 e. The third kappa shape index (κ3) is 3.50. The monoisotopic (exact) mass is 346 g/mol. The van der Waals surface area contributed by atoms with Gasteiger partial charge in [-0.2, -0.15) is 0 Å². The molecule has 1 saturated heterocycles. The Labute approximate surface area is 141 Å². The van der Waals surface area contributed by atoms with E-state index in [9.17, 15) is 0 Å². The zero-order chi connectivity index (χ0) is 17.8. The van der Waals surface area contributed by atoms with Crippen molar-refractivity contribution in [3.05, 3.63) is 0 Å². The topological polar surface area (TPSA) is 15.4 Å². The minimum atomic E-state index is -1.47. The van der Waals surface area contributed by atoms with Crippen LogP contribution in [-0.4, -0.2) is 25.8 Å². The highest BCUT2D eigenvalue weighted by Gasteiger charge is 2.70. The molecule has 132 valence electrons. The molecule has 1 fully saturated rings. The van der Waals surface area contributed by atoms with Crippen molar-refractivity contribution in [2.24, 2.45) is 4.74 Å². The third-order valence-corrected chi connectivity index (χ3v) is 18.3. The Morgan fingerprint density at radius 2 is 1.27 bits per heavy atom. The number of nitrogens with zero attached hydrogens (tertiary/aromatic N) is 2. The fourth-order valence-corrected chi connectivity index (χ4v) is 20.1. The van der Waals surface area contributed by atoms with Gasteiger partial charge in [-0.3, -0.25) is 4.74 Å². The zero-order valence-electron chi connectivity index (χ0n) is 17.2. The molecule has 0 spiro atoms. The van der Waals surface area contributed by atoms with Crippen LogP contribution in [0.15, 0.2) is 4.74 Å². The van der Waals surface area contributed by atoms with E-state index < -0.39 is 6.89 Å². The van der Waals surface area contributed by atoms with Gasteiger partial charge < -0.3 is 0 Å². The minimum Gasteiger partial charge on any atom is -0.276 e. The molecule has 0 amide bonds. The summed E-state index contributed by atoms with van der Waals surface area (Å²) in [6.45, 7) is 27.2. The molecular formula is C18H40N2P2. The van der Waals surface area contributed by atoms with E-state index in [1.807, 2.05) is 0 Å². The van der Waals surface area contributed by atoms with Crippen LogP contribution >= 0.6 is 14.7 Å². The second kappa shape index (κ2) is 5.86. The maximum Gasteiger partial charge on any atom is 0.0787 e. The second-order valence-electron chi connectivity index (χ2n) is 9.92. The predicted molar refractivity (Wildman–Crippen MR) is 106 cm³/mol. The van der Waals surface area contributed by atoms with Crippen LogP contribution in [0, 0.1) is 0 Å². The van der Waals surface area contributed by atoms with E-state index in [0.29, 0.717) is 10.3 Å². The summed E-state index contributed by atoms with van der Waals surface area (Å²) >= 11 is 0. The van der Waals surface area contributed by atoms with Crippen LogP contribution in [-0.2, 0) is 0 Å². The van der Waals surface area contributed by atoms with Gasteiger partial charge in [0.15, 0.2) is 0 Å². The lowest BCUT2D eigenvalue weighted by molar-refractivity contribution is 0.400. The fourth-order valence-electron chi connectivity index (χ4n) is 3.03. The minimum absolute atomic E-state index is 0.0463. The maximum atomic E-state index is 5.60. The molecule has 3 atom stereocenters. The summed E-state index contributed by atoms with van der Waals surface area (Å²) in [4.78, 5) is 0. The first kappa shape index (κ1) is 20.7. The molecule has 0 aromatic heterocycles. The van der Waals surface area contributed by atoms with Crippen molar-refractivity contribution in [3.63, 3.8) is 0 Å². The van der Waals surface area contributed by atoms with Gasteiger partial charge in [0.05, 0.1) is 12.4 Å². The average molecular weight is 346 g/mol. The van der Waals surface area contributed by atoms with Crippen LogP contribution in [0.4, 0.5) is 0 Å². The molecule has 2 nitrogen and oxygen atoms in total. The van der Waals surface area contributed by atoms with Gasteiger partial charge in [0, 0.05) is 23.6 Å². The molecule has 0 aliphatic carbocycles. The summed E-state index contributed by atoms with van der Waals surface area (Å²) in [5.74, 6) is 0. The summed E-state index contributed by atoms with van der Waals surface area (Å²) < 4.78 is 8.49. The Kier molecular flexibility index (Phi) is 5.50. The highest BCUT2D eigenvalue weighted by Crippen LogP contribution is 3.10. The first-order valence-corrected chi connectivity index (χ1v) is 12.5. The van der Waals surface area contributed by atoms with Gasteiger partial charge in [-0.1, -0.05) is 41.5 Å². The Morgan fingerprint density at radius 1 is 0.818 bits per heavy atom. The molecule has 0 N–H and O–H groups in total. The highest BCUT2D eigenvalue weighted by atomic mass is 32.1. The normalized spacial score (nSPS) is 30.4. The second-order valence-corrected chi connectivity index (χ2v) is 18.2. The molecule has 0 aromatic rings. The lowest BCUT2D eigenvalue weighted by Crippen LogP contribution is -2.28. The van der Waals surface area contributed by atoms with E-state index in [1.165, 1.54) is 12.8 Å². The summed E-state index contributed by atoms with van der Waals surface area (Å²) in [5, 5.41) is 0.698. The highest BCUT2D eigenvalue weighted by molar-refractivity contribution is 8.47. The molecule has 0 saturated carbocycles. The number of hydrogen-bond donors (Lipinski definition) is 0. The van der Waals surface area contributed by atoms with Crippen molar-refractivity contribution in [1.29, 1.82) is 0 Å². The molecule has 4 heteroatoms.